The largest absolute Gasteiger partial charge is 0.0622 e. The van der Waals surface area contributed by atoms with Gasteiger partial charge in [-0.05, 0) is 24.0 Å². The van der Waals surface area contributed by atoms with Crippen LogP contribution in [-0.4, -0.2) is 3.21 Å². The number of aryl methyl sites for hydroxylation is 2. The quantitative estimate of drug-likeness (QED) is 0.197. The summed E-state index contributed by atoms with van der Waals surface area (Å²) in [6.45, 7) is 6.44. The molecule has 1 heteroatoms. The minimum atomic E-state index is 1.01. The predicted octanol–water partition coefficient (Wildman–Crippen LogP) is 10.1. The molecule has 0 fully saturated rings. The predicted molar refractivity (Wildman–Crippen MR) is 173 cm³/mol. The van der Waals surface area contributed by atoms with Crippen molar-refractivity contribution in [3.05, 3.63) is 191 Å². The third kappa shape index (κ3) is 12.3. The minimum absolute atomic E-state index is 1.01. The van der Waals surface area contributed by atoms with Gasteiger partial charge in [0.1, 0.15) is 0 Å². The summed E-state index contributed by atoms with van der Waals surface area (Å²) in [5.74, 6) is 0. The van der Waals surface area contributed by atoms with Crippen LogP contribution >= 0.6 is 0 Å². The second-order valence-electron chi connectivity index (χ2n) is 9.97. The standard InChI is InChI=1S/C14H14.C13H10.C8H11.C5H5.Zr/c1-3-7-13(8-4-1)11-12-14-9-5-2-6-10-14;1-3-7-12(8-4-1)11-13-9-5-2-6-10-13;1-6-4-5-7(2)8(6)3;1-2-4-5-3-1;/h1-10H,11-12H2;1-10H;4H2,1-3H3;1-3H,4H2;/q;;2*-1;+2. The summed E-state index contributed by atoms with van der Waals surface area (Å²) in [6, 6.07) is 42.4. The third-order valence-electron chi connectivity index (χ3n) is 6.92. The molecule has 0 N–H and O–H groups in total. The summed E-state index contributed by atoms with van der Waals surface area (Å²) < 4.78 is 1.42. The molecule has 0 heterocycles. The zero-order valence-corrected chi connectivity index (χ0v) is 27.1. The first-order valence-corrected chi connectivity index (χ1v) is 15.5. The van der Waals surface area contributed by atoms with Crippen LogP contribution in [0.3, 0.4) is 0 Å². The molecule has 0 saturated heterocycles. The summed E-state index contributed by atoms with van der Waals surface area (Å²) >= 11 is 1.46. The Hall–Kier alpha value is -3.41. The average molecular weight is 612 g/mol. The summed E-state index contributed by atoms with van der Waals surface area (Å²) in [7, 11) is 0. The minimum Gasteiger partial charge on any atom is -0.0622 e. The molecule has 0 atom stereocenters. The van der Waals surface area contributed by atoms with E-state index in [9.17, 15) is 0 Å². The van der Waals surface area contributed by atoms with Crippen LogP contribution in [0, 0.1) is 12.2 Å². The first kappa shape index (κ1) is 32.1. The Kier molecular flexibility index (Phi) is 14.8. The average Bonchev–Trinajstić information content (AvgIpc) is 3.73. The Morgan fingerprint density at radius 2 is 1.07 bits per heavy atom. The molecular weight excluding hydrogens is 572 g/mol. The molecule has 0 saturated carbocycles. The van der Waals surface area contributed by atoms with Crippen molar-refractivity contribution in [1.82, 2.24) is 0 Å². The van der Waals surface area contributed by atoms with Crippen LogP contribution in [0.2, 0.25) is 0 Å². The van der Waals surface area contributed by atoms with Gasteiger partial charge < -0.3 is 0 Å². The fourth-order valence-corrected chi connectivity index (χ4v) is 4.96. The Labute approximate surface area is 263 Å². The van der Waals surface area contributed by atoms with Crippen molar-refractivity contribution in [2.45, 2.75) is 46.5 Å². The molecule has 6 rings (SSSR count). The van der Waals surface area contributed by atoms with Gasteiger partial charge in [-0.3, -0.25) is 12.2 Å². The van der Waals surface area contributed by atoms with Crippen LogP contribution < -0.4 is 0 Å². The maximum Gasteiger partial charge on any atom is -0.0238 e. The number of hydrogen-bond donors (Lipinski definition) is 0. The molecule has 0 aromatic heterocycles. The van der Waals surface area contributed by atoms with Gasteiger partial charge in [-0.2, -0.15) is 17.2 Å². The van der Waals surface area contributed by atoms with E-state index in [1.807, 2.05) is 12.2 Å². The summed E-state index contributed by atoms with van der Waals surface area (Å²) in [6.07, 6.45) is 16.6. The van der Waals surface area contributed by atoms with Crippen molar-refractivity contribution in [3.8, 4) is 0 Å². The van der Waals surface area contributed by atoms with Crippen LogP contribution in [0.15, 0.2) is 156 Å². The normalized spacial score (nSPS) is 12.8. The van der Waals surface area contributed by atoms with Crippen molar-refractivity contribution < 1.29 is 24.2 Å². The fourth-order valence-electron chi connectivity index (χ4n) is 4.14. The smallest absolute Gasteiger partial charge is 0.0238 e. The molecule has 0 bridgehead atoms. The first-order valence-electron chi connectivity index (χ1n) is 14.3. The van der Waals surface area contributed by atoms with Gasteiger partial charge in [0.25, 0.3) is 0 Å². The molecule has 2 aliphatic carbocycles. The molecule has 2 aliphatic rings. The molecule has 0 spiro atoms. The zero-order chi connectivity index (χ0) is 29.1. The topological polar surface area (TPSA) is 0 Å². The maximum absolute atomic E-state index is 3.26. The van der Waals surface area contributed by atoms with E-state index in [2.05, 4.69) is 160 Å². The maximum atomic E-state index is 3.26. The Morgan fingerprint density at radius 1 is 0.634 bits per heavy atom. The second kappa shape index (κ2) is 18.8. The summed E-state index contributed by atoms with van der Waals surface area (Å²) in [5.41, 5.74) is 9.73. The summed E-state index contributed by atoms with van der Waals surface area (Å²) in [5, 5.41) is 0. The number of rotatable bonds is 5. The van der Waals surface area contributed by atoms with Gasteiger partial charge >= 0.3 is 99.2 Å². The molecule has 0 nitrogen and oxygen atoms in total. The van der Waals surface area contributed by atoms with Crippen LogP contribution in [0.4, 0.5) is 0 Å². The van der Waals surface area contributed by atoms with Gasteiger partial charge in [-0.1, -0.05) is 74.5 Å². The van der Waals surface area contributed by atoms with E-state index in [1.165, 1.54) is 66.4 Å². The van der Waals surface area contributed by atoms with E-state index in [4.69, 9.17) is 0 Å². The first-order chi connectivity index (χ1) is 20.0. The second-order valence-corrected chi connectivity index (χ2v) is 11.2. The third-order valence-corrected chi connectivity index (χ3v) is 8.34. The van der Waals surface area contributed by atoms with Gasteiger partial charge in [-0.15, -0.1) is 19.8 Å². The van der Waals surface area contributed by atoms with Crippen LogP contribution in [-0.2, 0) is 37.1 Å². The fraction of sp³-hybridized carbons (Fsp3) is 0.175. The molecular formula is C40H40Zr. The van der Waals surface area contributed by atoms with E-state index in [1.54, 1.807) is 0 Å². The zero-order valence-electron chi connectivity index (χ0n) is 24.6. The van der Waals surface area contributed by atoms with Crippen molar-refractivity contribution in [2.24, 2.45) is 0 Å². The van der Waals surface area contributed by atoms with Gasteiger partial charge in [0, 0.05) is 0 Å². The van der Waals surface area contributed by atoms with Crippen molar-refractivity contribution in [3.63, 3.8) is 0 Å². The van der Waals surface area contributed by atoms with Gasteiger partial charge in [0.15, 0.2) is 0 Å². The Balaban J connectivity index is 0.000000160. The molecule has 4 aromatic carbocycles. The molecule has 0 amide bonds. The Bertz CT molecular complexity index is 1330. The van der Waals surface area contributed by atoms with E-state index in [-0.39, 0.29) is 0 Å². The van der Waals surface area contributed by atoms with Crippen LogP contribution in [0.25, 0.3) is 0 Å². The molecule has 0 radical (unpaired) electrons. The number of hydrogen-bond acceptors (Lipinski definition) is 0. The molecule has 204 valence electrons. The molecule has 41 heavy (non-hydrogen) atoms. The van der Waals surface area contributed by atoms with E-state index >= 15 is 0 Å². The van der Waals surface area contributed by atoms with E-state index in [0.29, 0.717) is 0 Å². The van der Waals surface area contributed by atoms with Crippen LogP contribution in [0.5, 0.6) is 0 Å². The van der Waals surface area contributed by atoms with Gasteiger partial charge in [-0.25, -0.2) is 17.7 Å². The van der Waals surface area contributed by atoms with E-state index in [0.717, 1.165) is 25.7 Å². The monoisotopic (exact) mass is 610 g/mol. The van der Waals surface area contributed by atoms with E-state index < -0.39 is 0 Å². The number of benzene rings is 4. The van der Waals surface area contributed by atoms with Crippen molar-refractivity contribution in [1.29, 1.82) is 0 Å². The molecule has 0 aliphatic heterocycles. The van der Waals surface area contributed by atoms with Crippen molar-refractivity contribution in [2.75, 3.05) is 0 Å². The molecule has 4 aromatic rings. The van der Waals surface area contributed by atoms with Gasteiger partial charge in [0.05, 0.1) is 0 Å². The van der Waals surface area contributed by atoms with Crippen LogP contribution in [0.1, 0.15) is 55.9 Å². The summed E-state index contributed by atoms with van der Waals surface area (Å²) in [4.78, 5) is 0. The molecule has 0 unspecified atom stereocenters. The SMILES string of the molecule is CC1=[C-]CC(C)=C1C.[C-]1=CC=CC1.[Zr+2]=[C](c1ccccc1)c1ccccc1.c1ccc(CCc2ccccc2)cc1. The van der Waals surface area contributed by atoms with Crippen molar-refractivity contribution >= 4 is 3.21 Å². The Morgan fingerprint density at radius 3 is 1.34 bits per heavy atom. The van der Waals surface area contributed by atoms with Gasteiger partial charge in [0.2, 0.25) is 0 Å². The number of allylic oxidation sites excluding steroid dienone is 8.